The molecule has 266 valence electrons. The van der Waals surface area contributed by atoms with Crippen molar-refractivity contribution in [2.24, 2.45) is 5.92 Å². The molecule has 2 heterocycles. The molecule has 5 aromatic carbocycles. The van der Waals surface area contributed by atoms with Crippen LogP contribution in [0.5, 0.6) is 0 Å². The number of rotatable bonds is 12. The Kier molecular flexibility index (Phi) is 10.2. The molecule has 52 heavy (non-hydrogen) atoms. The minimum atomic E-state index is -0.188. The van der Waals surface area contributed by atoms with E-state index in [1.165, 1.54) is 71.6 Å². The van der Waals surface area contributed by atoms with E-state index < -0.39 is 0 Å². The Hall–Kier alpha value is -4.54. The molecular weight excluding hydrogens is 656 g/mol. The van der Waals surface area contributed by atoms with Gasteiger partial charge in [0.15, 0.2) is 11.0 Å². The summed E-state index contributed by atoms with van der Waals surface area (Å²) in [5, 5.41) is 2.29. The number of aromatic nitrogens is 2. The van der Waals surface area contributed by atoms with E-state index in [4.69, 9.17) is 0 Å². The zero-order valence-corrected chi connectivity index (χ0v) is 32.7. The van der Waals surface area contributed by atoms with Crippen LogP contribution in [0.25, 0.3) is 59.4 Å². The van der Waals surface area contributed by atoms with Gasteiger partial charge in [-0.15, -0.1) is 11.3 Å². The SMILES string of the molecule is C=C(CC(C)CC)C[n+]1c(-c2cc3c(cc2CCC)sc2cc(F)ccc23)n(-c2c(C(C)C)cc(-c3ccccc3)cc2C(C)C)c2ccccc21. The zero-order chi connectivity index (χ0) is 36.7. The monoisotopic (exact) mass is 707 g/mol. The first-order valence-electron chi connectivity index (χ1n) is 19.2. The van der Waals surface area contributed by atoms with Crippen LogP contribution in [0.3, 0.4) is 0 Å². The summed E-state index contributed by atoms with van der Waals surface area (Å²) in [5.41, 5.74) is 12.7. The fourth-order valence-electron chi connectivity index (χ4n) is 7.95. The van der Waals surface area contributed by atoms with E-state index in [1.807, 2.05) is 6.07 Å². The lowest BCUT2D eigenvalue weighted by molar-refractivity contribution is -0.652. The van der Waals surface area contributed by atoms with Gasteiger partial charge < -0.3 is 0 Å². The molecule has 2 aromatic heterocycles. The molecule has 4 heteroatoms. The second-order valence-electron chi connectivity index (χ2n) is 15.4. The van der Waals surface area contributed by atoms with Gasteiger partial charge in [-0.25, -0.2) is 8.96 Å². The molecule has 2 nitrogen and oxygen atoms in total. The number of fused-ring (bicyclic) bond motifs is 4. The lowest BCUT2D eigenvalue weighted by atomic mass is 9.88. The number of aryl methyl sites for hydroxylation is 1. The van der Waals surface area contributed by atoms with Crippen LogP contribution < -0.4 is 4.57 Å². The van der Waals surface area contributed by atoms with Crippen molar-refractivity contribution in [3.63, 3.8) is 0 Å². The molecule has 1 unspecified atom stereocenters. The summed E-state index contributed by atoms with van der Waals surface area (Å²) in [4.78, 5) is 0. The van der Waals surface area contributed by atoms with Crippen LogP contribution in [0, 0.1) is 11.7 Å². The molecule has 0 aliphatic rings. The Balaban J connectivity index is 1.63. The molecule has 0 saturated carbocycles. The number of benzene rings is 5. The Morgan fingerprint density at radius 3 is 2.12 bits per heavy atom. The van der Waals surface area contributed by atoms with E-state index in [0.29, 0.717) is 5.92 Å². The van der Waals surface area contributed by atoms with Crippen molar-refractivity contribution in [3.05, 3.63) is 132 Å². The van der Waals surface area contributed by atoms with E-state index in [-0.39, 0.29) is 17.7 Å². The van der Waals surface area contributed by atoms with Crippen molar-refractivity contribution in [1.82, 2.24) is 4.57 Å². The largest absolute Gasteiger partial charge is 0.295 e. The van der Waals surface area contributed by atoms with Gasteiger partial charge in [-0.1, -0.05) is 116 Å². The number of imidazole rings is 1. The van der Waals surface area contributed by atoms with E-state index in [0.717, 1.165) is 42.3 Å². The van der Waals surface area contributed by atoms with Gasteiger partial charge >= 0.3 is 0 Å². The minimum Gasteiger partial charge on any atom is -0.219 e. The van der Waals surface area contributed by atoms with Gasteiger partial charge in [0.2, 0.25) is 0 Å². The highest BCUT2D eigenvalue weighted by molar-refractivity contribution is 7.25. The van der Waals surface area contributed by atoms with E-state index in [9.17, 15) is 4.39 Å². The third-order valence-corrected chi connectivity index (χ3v) is 11.9. The van der Waals surface area contributed by atoms with Crippen LogP contribution in [-0.4, -0.2) is 4.57 Å². The third-order valence-electron chi connectivity index (χ3n) is 10.8. The maximum Gasteiger partial charge on any atom is 0.295 e. The highest BCUT2D eigenvalue weighted by Crippen LogP contribution is 2.43. The summed E-state index contributed by atoms with van der Waals surface area (Å²) in [5.74, 6) is 2.14. The first-order valence-corrected chi connectivity index (χ1v) is 20.0. The normalized spacial score (nSPS) is 12.6. The summed E-state index contributed by atoms with van der Waals surface area (Å²) in [6.07, 6.45) is 4.10. The topological polar surface area (TPSA) is 8.81 Å². The maximum atomic E-state index is 14.5. The standard InChI is InChI=1S/C48H52FN2S/c1-9-16-35-26-45-42(38-22-21-37(49)27-46(38)52-45)28-41(35)48-50(29-33(8)23-32(7)10-2)43-19-14-15-20-44(43)51(48)47-39(30(3)4)24-36(25-40(47)31(5)6)34-17-12-11-13-18-34/h11-15,17-22,24-28,30-32H,8-10,16,23,29H2,1-7H3/q+1. The number of allylic oxidation sites excluding steroid dienone is 1. The van der Waals surface area contributed by atoms with Gasteiger partial charge in [-0.3, -0.25) is 0 Å². The van der Waals surface area contributed by atoms with Crippen LogP contribution in [0.15, 0.2) is 109 Å². The molecule has 0 radical (unpaired) electrons. The average molecular weight is 708 g/mol. The molecular formula is C48H52FN2S+. The predicted octanol–water partition coefficient (Wildman–Crippen LogP) is 14.0. The van der Waals surface area contributed by atoms with E-state index >= 15 is 0 Å². The van der Waals surface area contributed by atoms with Crippen molar-refractivity contribution in [3.8, 4) is 28.2 Å². The quantitative estimate of drug-likeness (QED) is 0.0883. The molecule has 0 amide bonds. The molecule has 0 aliphatic carbocycles. The maximum absolute atomic E-state index is 14.5. The summed E-state index contributed by atoms with van der Waals surface area (Å²) >= 11 is 1.69. The van der Waals surface area contributed by atoms with Crippen LogP contribution in [0.2, 0.25) is 0 Å². The van der Waals surface area contributed by atoms with Gasteiger partial charge in [0.05, 0.1) is 5.56 Å². The molecule has 7 rings (SSSR count). The fraction of sp³-hybridized carbons (Fsp3) is 0.312. The lowest BCUT2D eigenvalue weighted by Gasteiger charge is -2.21. The number of halogens is 1. The first-order chi connectivity index (χ1) is 25.1. The number of hydrogen-bond acceptors (Lipinski definition) is 1. The van der Waals surface area contributed by atoms with Crippen molar-refractivity contribution >= 4 is 42.5 Å². The summed E-state index contributed by atoms with van der Waals surface area (Å²) < 4.78 is 21.8. The molecule has 1 atom stereocenters. The van der Waals surface area contributed by atoms with Gasteiger partial charge in [-0.05, 0) is 101 Å². The molecule has 0 saturated heterocycles. The molecule has 0 aliphatic heterocycles. The number of nitrogens with zero attached hydrogens (tertiary/aromatic N) is 2. The molecule has 0 N–H and O–H groups in total. The minimum absolute atomic E-state index is 0.188. The second-order valence-corrected chi connectivity index (χ2v) is 16.5. The second kappa shape index (κ2) is 14.8. The molecule has 0 spiro atoms. The van der Waals surface area contributed by atoms with Crippen LogP contribution >= 0.6 is 11.3 Å². The molecule has 0 fully saturated rings. The zero-order valence-electron chi connectivity index (χ0n) is 31.9. The van der Waals surface area contributed by atoms with Crippen LogP contribution in [-0.2, 0) is 13.0 Å². The van der Waals surface area contributed by atoms with E-state index in [2.05, 4.69) is 143 Å². The first kappa shape index (κ1) is 35.8. The highest BCUT2D eigenvalue weighted by Gasteiger charge is 2.34. The Labute approximate surface area is 313 Å². The van der Waals surface area contributed by atoms with Gasteiger partial charge in [0.25, 0.3) is 5.82 Å². The van der Waals surface area contributed by atoms with Crippen molar-refractivity contribution < 1.29 is 8.96 Å². The lowest BCUT2D eigenvalue weighted by Crippen LogP contribution is -2.37. The molecule has 0 bridgehead atoms. The van der Waals surface area contributed by atoms with Crippen molar-refractivity contribution in [2.45, 2.75) is 92.5 Å². The van der Waals surface area contributed by atoms with Crippen molar-refractivity contribution in [1.29, 1.82) is 0 Å². The van der Waals surface area contributed by atoms with Crippen LogP contribution in [0.4, 0.5) is 4.39 Å². The van der Waals surface area contributed by atoms with Gasteiger partial charge in [-0.2, -0.15) is 4.57 Å². The third kappa shape index (κ3) is 6.63. The Morgan fingerprint density at radius 2 is 1.44 bits per heavy atom. The fourth-order valence-corrected chi connectivity index (χ4v) is 9.12. The predicted molar refractivity (Wildman–Crippen MR) is 223 cm³/mol. The number of para-hydroxylation sites is 2. The van der Waals surface area contributed by atoms with Gasteiger partial charge in [0.1, 0.15) is 18.0 Å². The van der Waals surface area contributed by atoms with Crippen LogP contribution in [0.1, 0.15) is 96.3 Å². The smallest absolute Gasteiger partial charge is 0.219 e. The van der Waals surface area contributed by atoms with Crippen molar-refractivity contribution in [2.75, 3.05) is 0 Å². The summed E-state index contributed by atoms with van der Waals surface area (Å²) in [6, 6.07) is 34.7. The Morgan fingerprint density at radius 1 is 0.769 bits per heavy atom. The van der Waals surface area contributed by atoms with E-state index in [1.54, 1.807) is 23.5 Å². The number of hydrogen-bond donors (Lipinski definition) is 0. The number of thiophene rings is 1. The summed E-state index contributed by atoms with van der Waals surface area (Å²) in [6.45, 7) is 21.6. The highest BCUT2D eigenvalue weighted by atomic mass is 32.1. The van der Waals surface area contributed by atoms with Gasteiger partial charge in [0, 0.05) is 31.3 Å². The average Bonchev–Trinajstić information content (AvgIpc) is 3.64. The Bertz CT molecular complexity index is 2380. The molecule has 7 aromatic rings. The summed E-state index contributed by atoms with van der Waals surface area (Å²) in [7, 11) is 0.